The third-order valence-corrected chi connectivity index (χ3v) is 4.10. The van der Waals surface area contributed by atoms with Gasteiger partial charge in [-0.25, -0.2) is 4.98 Å². The number of hydrogen-bond donors (Lipinski definition) is 1. The highest BCUT2D eigenvalue weighted by molar-refractivity contribution is 6.35. The summed E-state index contributed by atoms with van der Waals surface area (Å²) in [6.07, 6.45) is 1.20. The fraction of sp³-hybridized carbons (Fsp3) is 0.0625. The van der Waals surface area contributed by atoms with Crippen LogP contribution in [0.3, 0.4) is 0 Å². The number of carbonyl (C=O) groups excluding carboxylic acids is 1. The van der Waals surface area contributed by atoms with Gasteiger partial charge in [0.2, 0.25) is 5.91 Å². The Labute approximate surface area is 156 Å². The molecule has 1 N–H and O–H groups in total. The quantitative estimate of drug-likeness (QED) is 0.541. The summed E-state index contributed by atoms with van der Waals surface area (Å²) in [6.45, 7) is -0.340. The van der Waals surface area contributed by atoms with E-state index in [-0.39, 0.29) is 17.6 Å². The van der Waals surface area contributed by atoms with Gasteiger partial charge in [-0.3, -0.25) is 24.3 Å². The van der Waals surface area contributed by atoms with Crippen molar-refractivity contribution in [2.24, 2.45) is 0 Å². The molecule has 1 amide bonds. The van der Waals surface area contributed by atoms with Gasteiger partial charge in [0.1, 0.15) is 6.54 Å². The molecule has 0 aliphatic carbocycles. The van der Waals surface area contributed by atoms with Crippen LogP contribution in [0.15, 0.2) is 47.5 Å². The maximum absolute atomic E-state index is 12.5. The second kappa shape index (κ2) is 7.11. The van der Waals surface area contributed by atoms with Crippen LogP contribution in [0.5, 0.6) is 0 Å². The Morgan fingerprint density at radius 3 is 2.73 bits per heavy atom. The number of halogens is 2. The number of nitrogens with one attached hydrogen (secondary N) is 1. The average Bonchev–Trinajstić information content (AvgIpc) is 2.60. The molecular formula is C16H10Cl2N4O4. The highest BCUT2D eigenvalue weighted by Gasteiger charge is 2.13. The van der Waals surface area contributed by atoms with E-state index in [0.717, 1.165) is 10.6 Å². The van der Waals surface area contributed by atoms with E-state index >= 15 is 0 Å². The van der Waals surface area contributed by atoms with E-state index in [0.29, 0.717) is 21.2 Å². The minimum absolute atomic E-state index is 0.0512. The predicted octanol–water partition coefficient (Wildman–Crippen LogP) is 3.25. The monoisotopic (exact) mass is 392 g/mol. The second-order valence-electron chi connectivity index (χ2n) is 5.31. The molecule has 0 fully saturated rings. The van der Waals surface area contributed by atoms with Gasteiger partial charge in [-0.05, 0) is 24.3 Å². The number of aromatic nitrogens is 2. The molecular weight excluding hydrogens is 383 g/mol. The Hall–Kier alpha value is -2.97. The minimum atomic E-state index is -0.607. The largest absolute Gasteiger partial charge is 0.323 e. The first-order chi connectivity index (χ1) is 12.3. The zero-order valence-corrected chi connectivity index (χ0v) is 14.5. The normalized spacial score (nSPS) is 10.7. The van der Waals surface area contributed by atoms with Crippen LogP contribution in [0.2, 0.25) is 10.0 Å². The molecule has 0 atom stereocenters. The van der Waals surface area contributed by atoms with Crippen LogP contribution in [-0.4, -0.2) is 20.4 Å². The smallest absolute Gasteiger partial charge is 0.270 e. The molecule has 1 heterocycles. The van der Waals surface area contributed by atoms with Crippen LogP contribution >= 0.6 is 23.2 Å². The summed E-state index contributed by atoms with van der Waals surface area (Å²) >= 11 is 11.8. The van der Waals surface area contributed by atoms with Gasteiger partial charge >= 0.3 is 0 Å². The fourth-order valence-corrected chi connectivity index (χ4v) is 2.65. The topological polar surface area (TPSA) is 107 Å². The zero-order chi connectivity index (χ0) is 18.8. The maximum atomic E-state index is 12.5. The summed E-state index contributed by atoms with van der Waals surface area (Å²) < 4.78 is 1.06. The molecule has 3 rings (SSSR count). The van der Waals surface area contributed by atoms with E-state index in [2.05, 4.69) is 10.3 Å². The van der Waals surface area contributed by atoms with Crippen molar-refractivity contribution in [3.8, 4) is 0 Å². The first-order valence-electron chi connectivity index (χ1n) is 7.23. The third kappa shape index (κ3) is 3.66. The third-order valence-electron chi connectivity index (χ3n) is 3.53. The van der Waals surface area contributed by atoms with Crippen molar-refractivity contribution in [3.05, 3.63) is 73.2 Å². The number of nitro benzene ring substituents is 1. The Morgan fingerprint density at radius 2 is 2.00 bits per heavy atom. The van der Waals surface area contributed by atoms with Gasteiger partial charge in [0.05, 0.1) is 32.9 Å². The molecule has 0 radical (unpaired) electrons. The van der Waals surface area contributed by atoms with Crippen LogP contribution in [-0.2, 0) is 11.3 Å². The van der Waals surface area contributed by atoms with Crippen LogP contribution < -0.4 is 10.9 Å². The molecule has 2 aromatic carbocycles. The molecule has 8 nitrogen and oxygen atoms in total. The number of benzene rings is 2. The lowest BCUT2D eigenvalue weighted by Crippen LogP contribution is -2.28. The summed E-state index contributed by atoms with van der Waals surface area (Å²) in [5.74, 6) is -0.525. The molecule has 0 bridgehead atoms. The molecule has 132 valence electrons. The van der Waals surface area contributed by atoms with Crippen molar-refractivity contribution in [2.45, 2.75) is 6.54 Å². The van der Waals surface area contributed by atoms with E-state index in [1.54, 1.807) is 6.07 Å². The molecule has 26 heavy (non-hydrogen) atoms. The lowest BCUT2D eigenvalue weighted by atomic mass is 10.2. The standard InChI is InChI=1S/C16H10Cl2N4O4/c17-9-1-3-12(18)14(5-9)20-15(23)7-21-8-19-13-4-2-10(22(25)26)6-11(13)16(21)24/h1-6,8H,7H2,(H,20,23). The number of hydrogen-bond acceptors (Lipinski definition) is 5. The van der Waals surface area contributed by atoms with Crippen molar-refractivity contribution in [2.75, 3.05) is 5.32 Å². The number of anilines is 1. The average molecular weight is 393 g/mol. The van der Waals surface area contributed by atoms with Gasteiger partial charge in [0.25, 0.3) is 11.2 Å². The number of nitrogens with zero attached hydrogens (tertiary/aromatic N) is 3. The van der Waals surface area contributed by atoms with Crippen LogP contribution in [0, 0.1) is 10.1 Å². The van der Waals surface area contributed by atoms with Crippen molar-refractivity contribution in [1.29, 1.82) is 0 Å². The van der Waals surface area contributed by atoms with E-state index in [4.69, 9.17) is 23.2 Å². The van der Waals surface area contributed by atoms with Crippen molar-refractivity contribution in [1.82, 2.24) is 9.55 Å². The summed E-state index contributed by atoms with van der Waals surface area (Å²) in [6, 6.07) is 8.35. The van der Waals surface area contributed by atoms with Crippen molar-refractivity contribution < 1.29 is 9.72 Å². The van der Waals surface area contributed by atoms with Gasteiger partial charge in [0.15, 0.2) is 0 Å². The van der Waals surface area contributed by atoms with E-state index < -0.39 is 16.4 Å². The number of amides is 1. The van der Waals surface area contributed by atoms with E-state index in [1.807, 2.05) is 0 Å². The fourth-order valence-electron chi connectivity index (χ4n) is 2.31. The molecule has 0 saturated heterocycles. The van der Waals surface area contributed by atoms with E-state index in [1.165, 1.54) is 30.6 Å². The van der Waals surface area contributed by atoms with Crippen molar-refractivity contribution >= 4 is 51.4 Å². The zero-order valence-electron chi connectivity index (χ0n) is 13.0. The van der Waals surface area contributed by atoms with Gasteiger partial charge in [-0.1, -0.05) is 23.2 Å². The molecule has 3 aromatic rings. The lowest BCUT2D eigenvalue weighted by Gasteiger charge is -2.09. The summed E-state index contributed by atoms with van der Waals surface area (Å²) in [4.78, 5) is 39.0. The SMILES string of the molecule is O=C(Cn1cnc2ccc([N+](=O)[O-])cc2c1=O)Nc1cc(Cl)ccc1Cl. The molecule has 0 aliphatic rings. The minimum Gasteiger partial charge on any atom is -0.323 e. The number of fused-ring (bicyclic) bond motifs is 1. The number of non-ortho nitro benzene ring substituents is 1. The molecule has 0 saturated carbocycles. The Balaban J connectivity index is 1.89. The number of rotatable bonds is 4. The Morgan fingerprint density at radius 1 is 1.23 bits per heavy atom. The summed E-state index contributed by atoms with van der Waals surface area (Å²) in [7, 11) is 0. The lowest BCUT2D eigenvalue weighted by molar-refractivity contribution is -0.384. The Kier molecular flexibility index (Phi) is 4.88. The van der Waals surface area contributed by atoms with Crippen LogP contribution in [0.4, 0.5) is 11.4 Å². The van der Waals surface area contributed by atoms with Gasteiger partial charge in [-0.2, -0.15) is 0 Å². The number of carbonyl (C=O) groups is 1. The molecule has 0 aliphatic heterocycles. The molecule has 1 aromatic heterocycles. The first-order valence-corrected chi connectivity index (χ1v) is 7.99. The molecule has 0 unspecified atom stereocenters. The molecule has 0 spiro atoms. The van der Waals surface area contributed by atoms with Gasteiger partial charge < -0.3 is 5.32 Å². The van der Waals surface area contributed by atoms with Crippen LogP contribution in [0.25, 0.3) is 10.9 Å². The maximum Gasteiger partial charge on any atom is 0.270 e. The predicted molar refractivity (Wildman–Crippen MR) is 97.7 cm³/mol. The van der Waals surface area contributed by atoms with Crippen molar-refractivity contribution in [3.63, 3.8) is 0 Å². The van der Waals surface area contributed by atoms with Crippen LogP contribution in [0.1, 0.15) is 0 Å². The summed E-state index contributed by atoms with van der Waals surface area (Å²) in [5.41, 5.74) is -0.188. The van der Waals surface area contributed by atoms with Gasteiger partial charge in [-0.15, -0.1) is 0 Å². The Bertz CT molecular complexity index is 1100. The summed E-state index contributed by atoms with van der Waals surface area (Å²) in [5, 5.41) is 14.2. The van der Waals surface area contributed by atoms with E-state index in [9.17, 15) is 19.7 Å². The first kappa shape index (κ1) is 17.8. The number of nitro groups is 1. The highest BCUT2D eigenvalue weighted by Crippen LogP contribution is 2.25. The second-order valence-corrected chi connectivity index (χ2v) is 6.15. The highest BCUT2D eigenvalue weighted by atomic mass is 35.5. The molecule has 10 heteroatoms. The van der Waals surface area contributed by atoms with Gasteiger partial charge in [0, 0.05) is 17.2 Å².